The number of hydrogen-bond donors (Lipinski definition) is 1. The predicted octanol–water partition coefficient (Wildman–Crippen LogP) is 2.76. The highest BCUT2D eigenvalue weighted by atomic mass is 19.1. The van der Waals surface area contributed by atoms with Gasteiger partial charge in [0.1, 0.15) is 11.7 Å². The molecule has 0 atom stereocenters. The standard InChI is InChI=1S/C24H24FN5O3/c1-28(2)24(33)27-22(16-7-4-3-5-8-16)29-11-13-30(14-12-29)23(32)21(31)17-15-26-19-10-6-9-18(25)20(17)19/h3-10,15,26H,11-14H2,1-2H3/b27-22+. The molecule has 1 aromatic heterocycles. The third-order valence-electron chi connectivity index (χ3n) is 5.58. The van der Waals surface area contributed by atoms with Crippen molar-refractivity contribution in [1.82, 2.24) is 19.7 Å². The molecule has 33 heavy (non-hydrogen) atoms. The number of amidine groups is 1. The summed E-state index contributed by atoms with van der Waals surface area (Å²) in [5, 5.41) is 0.121. The Labute approximate surface area is 190 Å². The maximum absolute atomic E-state index is 14.3. The quantitative estimate of drug-likeness (QED) is 0.288. The van der Waals surface area contributed by atoms with Gasteiger partial charge in [-0.1, -0.05) is 36.4 Å². The van der Waals surface area contributed by atoms with E-state index in [0.717, 1.165) is 5.56 Å². The number of benzene rings is 2. The third kappa shape index (κ3) is 4.48. The van der Waals surface area contributed by atoms with E-state index in [-0.39, 0.29) is 30.1 Å². The number of fused-ring (bicyclic) bond motifs is 1. The molecule has 1 fully saturated rings. The summed E-state index contributed by atoms with van der Waals surface area (Å²) in [6.45, 7) is 1.35. The van der Waals surface area contributed by atoms with Gasteiger partial charge in [0.25, 0.3) is 11.7 Å². The molecule has 9 heteroatoms. The lowest BCUT2D eigenvalue weighted by Gasteiger charge is -2.36. The van der Waals surface area contributed by atoms with Crippen molar-refractivity contribution in [2.45, 2.75) is 0 Å². The van der Waals surface area contributed by atoms with E-state index in [4.69, 9.17) is 0 Å². The normalized spacial score (nSPS) is 14.5. The zero-order valence-electron chi connectivity index (χ0n) is 18.4. The van der Waals surface area contributed by atoms with Crippen LogP contribution in [0.15, 0.2) is 59.7 Å². The zero-order valence-corrected chi connectivity index (χ0v) is 18.4. The number of Topliss-reactive ketones (excluding diaryl/α,β-unsaturated/α-hetero) is 1. The molecule has 8 nitrogen and oxygen atoms in total. The Morgan fingerprint density at radius 1 is 0.939 bits per heavy atom. The number of ketones is 1. The zero-order chi connectivity index (χ0) is 23.5. The number of H-pyrrole nitrogens is 1. The van der Waals surface area contributed by atoms with Gasteiger partial charge >= 0.3 is 6.03 Å². The molecule has 1 N–H and O–H groups in total. The molecule has 170 valence electrons. The van der Waals surface area contributed by atoms with E-state index < -0.39 is 17.5 Å². The van der Waals surface area contributed by atoms with Crippen molar-refractivity contribution < 1.29 is 18.8 Å². The topological polar surface area (TPSA) is 89.1 Å². The number of urea groups is 1. The molecule has 0 saturated carbocycles. The highest BCUT2D eigenvalue weighted by Crippen LogP contribution is 2.23. The van der Waals surface area contributed by atoms with Gasteiger partial charge in [-0.05, 0) is 12.1 Å². The van der Waals surface area contributed by atoms with Gasteiger partial charge in [0.15, 0.2) is 0 Å². The molecule has 1 aliphatic heterocycles. The lowest BCUT2D eigenvalue weighted by molar-refractivity contribution is -0.127. The monoisotopic (exact) mass is 449 g/mol. The van der Waals surface area contributed by atoms with Crippen molar-refractivity contribution in [3.8, 4) is 0 Å². The summed E-state index contributed by atoms with van der Waals surface area (Å²) < 4.78 is 14.3. The Morgan fingerprint density at radius 3 is 2.27 bits per heavy atom. The Hall–Kier alpha value is -4.01. The second-order valence-electron chi connectivity index (χ2n) is 7.95. The molecule has 0 unspecified atom stereocenters. The summed E-state index contributed by atoms with van der Waals surface area (Å²) in [5.41, 5.74) is 1.28. The molecule has 0 radical (unpaired) electrons. The number of aromatic amines is 1. The van der Waals surface area contributed by atoms with E-state index in [0.29, 0.717) is 24.4 Å². The van der Waals surface area contributed by atoms with Crippen LogP contribution in [0, 0.1) is 5.82 Å². The number of amides is 3. The second-order valence-corrected chi connectivity index (χ2v) is 7.95. The molecule has 0 aliphatic carbocycles. The van der Waals surface area contributed by atoms with Crippen LogP contribution < -0.4 is 0 Å². The van der Waals surface area contributed by atoms with Crippen LogP contribution in [-0.2, 0) is 4.79 Å². The molecule has 3 aromatic rings. The van der Waals surface area contributed by atoms with Gasteiger partial charge in [0.2, 0.25) is 0 Å². The average Bonchev–Trinajstić information content (AvgIpc) is 3.27. The van der Waals surface area contributed by atoms with E-state index in [1.807, 2.05) is 35.2 Å². The summed E-state index contributed by atoms with van der Waals surface area (Å²) in [5.74, 6) is -1.46. The third-order valence-corrected chi connectivity index (χ3v) is 5.58. The van der Waals surface area contributed by atoms with Gasteiger partial charge in [-0.3, -0.25) is 9.59 Å². The number of aromatic nitrogens is 1. The highest BCUT2D eigenvalue weighted by molar-refractivity contribution is 6.44. The van der Waals surface area contributed by atoms with E-state index >= 15 is 0 Å². The molecular weight excluding hydrogens is 425 g/mol. The molecular formula is C24H24FN5O3. The maximum Gasteiger partial charge on any atom is 0.344 e. The maximum atomic E-state index is 14.3. The lowest BCUT2D eigenvalue weighted by Crippen LogP contribution is -2.52. The number of hydrogen-bond acceptors (Lipinski definition) is 3. The molecule has 4 rings (SSSR count). The SMILES string of the molecule is CN(C)C(=O)/N=C(\c1ccccc1)N1CCN(C(=O)C(=O)c2c[nH]c3cccc(F)c23)CC1. The molecule has 2 aromatic carbocycles. The first kappa shape index (κ1) is 22.2. The minimum absolute atomic E-state index is 0.0265. The Bertz CT molecular complexity index is 1230. The first-order chi connectivity index (χ1) is 15.9. The van der Waals surface area contributed by atoms with Crippen molar-refractivity contribution in [1.29, 1.82) is 0 Å². The molecule has 3 amide bonds. The van der Waals surface area contributed by atoms with Crippen LogP contribution >= 0.6 is 0 Å². The van der Waals surface area contributed by atoms with Gasteiger partial charge in [-0.2, -0.15) is 4.99 Å². The average molecular weight is 449 g/mol. The first-order valence-corrected chi connectivity index (χ1v) is 10.6. The molecule has 0 bridgehead atoms. The van der Waals surface area contributed by atoms with Crippen LogP contribution in [0.1, 0.15) is 15.9 Å². The van der Waals surface area contributed by atoms with Crippen LogP contribution in [0.3, 0.4) is 0 Å². The van der Waals surface area contributed by atoms with E-state index in [1.54, 1.807) is 20.2 Å². The highest BCUT2D eigenvalue weighted by Gasteiger charge is 2.30. The van der Waals surface area contributed by atoms with Crippen LogP contribution in [0.25, 0.3) is 10.9 Å². The first-order valence-electron chi connectivity index (χ1n) is 10.6. The number of nitrogens with one attached hydrogen (secondary N) is 1. The summed E-state index contributed by atoms with van der Waals surface area (Å²) >= 11 is 0. The van der Waals surface area contributed by atoms with Gasteiger partial charge in [-0.25, -0.2) is 9.18 Å². The fourth-order valence-corrected chi connectivity index (χ4v) is 3.80. The number of aliphatic imine (C=N–C) groups is 1. The van der Waals surface area contributed by atoms with Crippen molar-refractivity contribution in [3.05, 3.63) is 71.7 Å². The minimum Gasteiger partial charge on any atom is -0.360 e. The van der Waals surface area contributed by atoms with Crippen molar-refractivity contribution in [2.24, 2.45) is 4.99 Å². The lowest BCUT2D eigenvalue weighted by atomic mass is 10.1. The fraction of sp³-hybridized carbons (Fsp3) is 0.250. The Morgan fingerprint density at radius 2 is 1.61 bits per heavy atom. The number of rotatable bonds is 3. The van der Waals surface area contributed by atoms with Gasteiger partial charge < -0.3 is 19.7 Å². The molecule has 1 aliphatic rings. The largest absolute Gasteiger partial charge is 0.360 e. The van der Waals surface area contributed by atoms with Crippen molar-refractivity contribution >= 4 is 34.5 Å². The van der Waals surface area contributed by atoms with Crippen molar-refractivity contribution in [3.63, 3.8) is 0 Å². The number of halogens is 1. The summed E-state index contributed by atoms with van der Waals surface area (Å²) in [4.78, 5) is 49.9. The molecule has 2 heterocycles. The summed E-state index contributed by atoms with van der Waals surface area (Å²) in [6.07, 6.45) is 1.37. The van der Waals surface area contributed by atoms with E-state index in [2.05, 4.69) is 9.98 Å². The summed E-state index contributed by atoms with van der Waals surface area (Å²) in [7, 11) is 3.26. The van der Waals surface area contributed by atoms with Crippen LogP contribution in [0.5, 0.6) is 0 Å². The Balaban J connectivity index is 1.50. The number of carbonyl (C=O) groups is 3. The predicted molar refractivity (Wildman–Crippen MR) is 123 cm³/mol. The fourth-order valence-electron chi connectivity index (χ4n) is 3.80. The Kier molecular flexibility index (Phi) is 6.21. The molecule has 0 spiro atoms. The number of carbonyl (C=O) groups excluding carboxylic acids is 3. The van der Waals surface area contributed by atoms with Crippen LogP contribution in [0.4, 0.5) is 9.18 Å². The van der Waals surface area contributed by atoms with Gasteiger partial charge in [0, 0.05) is 62.9 Å². The smallest absolute Gasteiger partial charge is 0.344 e. The number of nitrogens with zero attached hydrogens (tertiary/aromatic N) is 4. The summed E-state index contributed by atoms with van der Waals surface area (Å²) in [6, 6.07) is 13.4. The van der Waals surface area contributed by atoms with Crippen LogP contribution in [-0.4, -0.2) is 83.5 Å². The minimum atomic E-state index is -0.750. The van der Waals surface area contributed by atoms with Gasteiger partial charge in [0.05, 0.1) is 5.56 Å². The van der Waals surface area contributed by atoms with Crippen molar-refractivity contribution in [2.75, 3.05) is 40.3 Å². The number of piperazine rings is 1. The van der Waals surface area contributed by atoms with E-state index in [1.165, 1.54) is 28.1 Å². The van der Waals surface area contributed by atoms with Gasteiger partial charge in [-0.15, -0.1) is 0 Å². The second kappa shape index (κ2) is 9.23. The van der Waals surface area contributed by atoms with E-state index in [9.17, 15) is 18.8 Å². The van der Waals surface area contributed by atoms with Crippen LogP contribution in [0.2, 0.25) is 0 Å². The molecule has 1 saturated heterocycles.